The number of rotatable bonds is 8. The molecular formula is C16H19N3O4. The Bertz CT molecular complexity index is 595. The zero-order chi connectivity index (χ0) is 17.2. The highest BCUT2D eigenvalue weighted by atomic mass is 16.4. The lowest BCUT2D eigenvalue weighted by molar-refractivity contribution is -0.139. The van der Waals surface area contributed by atoms with Crippen LogP contribution in [0.5, 0.6) is 0 Å². The lowest BCUT2D eigenvalue weighted by Gasteiger charge is -2.21. The van der Waals surface area contributed by atoms with Gasteiger partial charge < -0.3 is 10.4 Å². The molecule has 7 nitrogen and oxygen atoms in total. The number of nitrogens with zero attached hydrogens (tertiary/aromatic N) is 2. The first-order valence-corrected chi connectivity index (χ1v) is 7.24. The number of carboxylic acid groups (broad SMARTS) is 1. The maximum atomic E-state index is 12.4. The van der Waals surface area contributed by atoms with Crippen molar-refractivity contribution in [3.05, 3.63) is 35.9 Å². The molecule has 0 aliphatic rings. The molecule has 2 amide bonds. The highest BCUT2D eigenvalue weighted by Crippen LogP contribution is 2.07. The highest BCUT2D eigenvalue weighted by Gasteiger charge is 2.25. The van der Waals surface area contributed by atoms with E-state index in [-0.39, 0.29) is 25.8 Å². The van der Waals surface area contributed by atoms with Crippen molar-refractivity contribution in [3.8, 4) is 6.19 Å². The van der Waals surface area contributed by atoms with Gasteiger partial charge in [0.15, 0.2) is 6.19 Å². The maximum Gasteiger partial charge on any atom is 0.303 e. The van der Waals surface area contributed by atoms with E-state index in [2.05, 4.69) is 5.32 Å². The second-order valence-corrected chi connectivity index (χ2v) is 4.89. The van der Waals surface area contributed by atoms with Crippen LogP contribution in [-0.2, 0) is 20.8 Å². The molecule has 0 heterocycles. The first kappa shape index (κ1) is 18.2. The Morgan fingerprint density at radius 2 is 1.91 bits per heavy atom. The van der Waals surface area contributed by atoms with Gasteiger partial charge in [0.25, 0.3) is 5.91 Å². The Morgan fingerprint density at radius 3 is 2.43 bits per heavy atom. The minimum atomic E-state index is -1.08. The quantitative estimate of drug-likeness (QED) is 0.547. The van der Waals surface area contributed by atoms with Gasteiger partial charge in [0.1, 0.15) is 6.04 Å². The number of hydrogen-bond acceptors (Lipinski definition) is 4. The number of benzene rings is 1. The minimum absolute atomic E-state index is 0.200. The number of hydrogen-bond donors (Lipinski definition) is 2. The van der Waals surface area contributed by atoms with Crippen molar-refractivity contribution in [1.82, 2.24) is 10.2 Å². The Kier molecular flexibility index (Phi) is 7.27. The molecule has 1 aromatic rings. The van der Waals surface area contributed by atoms with Gasteiger partial charge in [-0.2, -0.15) is 5.26 Å². The molecule has 0 spiro atoms. The summed E-state index contributed by atoms with van der Waals surface area (Å²) >= 11 is 0. The van der Waals surface area contributed by atoms with E-state index in [4.69, 9.17) is 10.4 Å². The second-order valence-electron chi connectivity index (χ2n) is 4.89. The summed E-state index contributed by atoms with van der Waals surface area (Å²) in [6.07, 6.45) is 1.49. The third-order valence-corrected chi connectivity index (χ3v) is 3.18. The smallest absolute Gasteiger partial charge is 0.303 e. The number of carbonyl (C=O) groups is 3. The van der Waals surface area contributed by atoms with Crippen molar-refractivity contribution in [2.75, 3.05) is 6.54 Å². The van der Waals surface area contributed by atoms with Crippen LogP contribution in [0.15, 0.2) is 30.3 Å². The van der Waals surface area contributed by atoms with Gasteiger partial charge in [-0.05, 0) is 12.5 Å². The molecular weight excluding hydrogens is 298 g/mol. The summed E-state index contributed by atoms with van der Waals surface area (Å²) in [6.45, 7) is 1.86. The maximum absolute atomic E-state index is 12.4. The zero-order valence-electron chi connectivity index (χ0n) is 12.9. The normalized spacial score (nSPS) is 11.1. The predicted octanol–water partition coefficient (Wildman–Crippen LogP) is 0.908. The first-order valence-electron chi connectivity index (χ1n) is 7.24. The van der Waals surface area contributed by atoms with Crippen LogP contribution >= 0.6 is 0 Å². The van der Waals surface area contributed by atoms with Crippen molar-refractivity contribution in [1.29, 1.82) is 5.26 Å². The fraction of sp³-hybridized carbons (Fsp3) is 0.375. The number of carbonyl (C=O) groups excluding carboxylic acids is 2. The van der Waals surface area contributed by atoms with Gasteiger partial charge in [0.05, 0.1) is 6.42 Å². The molecule has 122 valence electrons. The summed E-state index contributed by atoms with van der Waals surface area (Å²) in [6, 6.07) is 8.17. The lowest BCUT2D eigenvalue weighted by Crippen LogP contribution is -2.48. The zero-order valence-corrected chi connectivity index (χ0v) is 12.9. The molecule has 0 saturated heterocycles. The van der Waals surface area contributed by atoms with E-state index < -0.39 is 23.8 Å². The average Bonchev–Trinajstić information content (AvgIpc) is 2.54. The SMILES string of the molecule is CCN(C#N)C(=O)C(Cc1ccccc1)NC(=O)CCC(=O)O. The molecule has 1 aromatic carbocycles. The molecule has 23 heavy (non-hydrogen) atoms. The largest absolute Gasteiger partial charge is 0.481 e. The molecule has 2 N–H and O–H groups in total. The van der Waals surface area contributed by atoms with Gasteiger partial charge in [-0.3, -0.25) is 14.4 Å². The van der Waals surface area contributed by atoms with Gasteiger partial charge >= 0.3 is 5.97 Å². The van der Waals surface area contributed by atoms with Crippen LogP contribution in [0.1, 0.15) is 25.3 Å². The number of likely N-dealkylation sites (N-methyl/N-ethyl adjacent to an activating group) is 1. The van der Waals surface area contributed by atoms with Crippen LogP contribution in [0.2, 0.25) is 0 Å². The Balaban J connectivity index is 2.83. The molecule has 0 bridgehead atoms. The van der Waals surface area contributed by atoms with E-state index in [1.807, 2.05) is 30.3 Å². The van der Waals surface area contributed by atoms with E-state index in [1.54, 1.807) is 13.1 Å². The van der Waals surface area contributed by atoms with Crippen molar-refractivity contribution in [2.24, 2.45) is 0 Å². The van der Waals surface area contributed by atoms with Crippen LogP contribution in [0.3, 0.4) is 0 Å². The number of nitrogens with one attached hydrogen (secondary N) is 1. The molecule has 0 saturated carbocycles. The standard InChI is InChI=1S/C16H19N3O4/c1-2-19(11-17)16(23)13(10-12-6-4-3-5-7-12)18-14(20)8-9-15(21)22/h3-7,13H,2,8-10H2,1H3,(H,18,20)(H,21,22). The molecule has 0 aliphatic carbocycles. The second kappa shape index (κ2) is 9.20. The van der Waals surface area contributed by atoms with Gasteiger partial charge in [-0.25, -0.2) is 4.90 Å². The number of aliphatic carboxylic acids is 1. The van der Waals surface area contributed by atoms with E-state index in [9.17, 15) is 14.4 Å². The van der Waals surface area contributed by atoms with Crippen LogP contribution in [0.4, 0.5) is 0 Å². The summed E-state index contributed by atoms with van der Waals surface area (Å²) in [4.78, 5) is 35.7. The molecule has 0 aromatic heterocycles. The molecule has 0 radical (unpaired) electrons. The van der Waals surface area contributed by atoms with Gasteiger partial charge in [0, 0.05) is 19.4 Å². The number of amides is 2. The summed E-state index contributed by atoms with van der Waals surface area (Å²) in [7, 11) is 0. The molecule has 1 rings (SSSR count). The summed E-state index contributed by atoms with van der Waals surface area (Å²) < 4.78 is 0. The fourth-order valence-electron chi connectivity index (χ4n) is 2.00. The number of nitriles is 1. The van der Waals surface area contributed by atoms with Crippen molar-refractivity contribution >= 4 is 17.8 Å². The topological polar surface area (TPSA) is 111 Å². The van der Waals surface area contributed by atoms with Crippen molar-refractivity contribution in [3.63, 3.8) is 0 Å². The Hall–Kier alpha value is -2.88. The van der Waals surface area contributed by atoms with Crippen LogP contribution < -0.4 is 5.32 Å². The first-order chi connectivity index (χ1) is 11.0. The molecule has 1 atom stereocenters. The summed E-state index contributed by atoms with van der Waals surface area (Å²) in [5.41, 5.74) is 0.832. The number of carboxylic acids is 1. The Labute approximate surface area is 134 Å². The molecule has 7 heteroatoms. The van der Waals surface area contributed by atoms with Gasteiger partial charge in [-0.15, -0.1) is 0 Å². The third-order valence-electron chi connectivity index (χ3n) is 3.18. The van der Waals surface area contributed by atoms with E-state index in [0.717, 1.165) is 10.5 Å². The summed E-state index contributed by atoms with van der Waals surface area (Å²) in [5, 5.41) is 20.1. The van der Waals surface area contributed by atoms with Crippen LogP contribution in [0.25, 0.3) is 0 Å². The molecule has 1 unspecified atom stereocenters. The third kappa shape index (κ3) is 6.18. The summed E-state index contributed by atoms with van der Waals surface area (Å²) in [5.74, 6) is -2.13. The van der Waals surface area contributed by atoms with Gasteiger partial charge in [-0.1, -0.05) is 30.3 Å². The molecule has 0 fully saturated rings. The Morgan fingerprint density at radius 1 is 1.26 bits per heavy atom. The monoisotopic (exact) mass is 317 g/mol. The molecule has 0 aliphatic heterocycles. The van der Waals surface area contributed by atoms with Crippen LogP contribution in [-0.4, -0.2) is 40.4 Å². The fourth-order valence-corrected chi connectivity index (χ4v) is 2.00. The van der Waals surface area contributed by atoms with Crippen LogP contribution in [0, 0.1) is 11.5 Å². The highest BCUT2D eigenvalue weighted by molar-refractivity contribution is 5.89. The van der Waals surface area contributed by atoms with E-state index in [1.165, 1.54) is 0 Å². The predicted molar refractivity (Wildman–Crippen MR) is 81.9 cm³/mol. The minimum Gasteiger partial charge on any atom is -0.481 e. The van der Waals surface area contributed by atoms with E-state index in [0.29, 0.717) is 0 Å². The lowest BCUT2D eigenvalue weighted by atomic mass is 10.0. The van der Waals surface area contributed by atoms with Crippen molar-refractivity contribution in [2.45, 2.75) is 32.2 Å². The average molecular weight is 317 g/mol. The van der Waals surface area contributed by atoms with Gasteiger partial charge in [0.2, 0.25) is 5.91 Å². The van der Waals surface area contributed by atoms with Crippen molar-refractivity contribution < 1.29 is 19.5 Å². The van der Waals surface area contributed by atoms with E-state index >= 15 is 0 Å².